The van der Waals surface area contributed by atoms with Gasteiger partial charge in [0.25, 0.3) is 0 Å². The lowest BCUT2D eigenvalue weighted by Crippen LogP contribution is -2.29. The van der Waals surface area contributed by atoms with E-state index in [0.29, 0.717) is 6.54 Å². The maximum atomic E-state index is 12.6. The molecule has 1 unspecified atom stereocenters. The molecule has 0 spiro atoms. The monoisotopic (exact) mass is 315 g/mol. The fraction of sp³-hybridized carbons (Fsp3) is 0.579. The van der Waals surface area contributed by atoms with E-state index in [0.717, 1.165) is 24.9 Å². The summed E-state index contributed by atoms with van der Waals surface area (Å²) in [5.41, 5.74) is 0.699. The third-order valence-corrected chi connectivity index (χ3v) is 4.62. The second kappa shape index (κ2) is 5.99. The van der Waals surface area contributed by atoms with Crippen LogP contribution in [0.5, 0.6) is 0 Å². The lowest BCUT2D eigenvalue weighted by atomic mass is 10.0. The maximum absolute atomic E-state index is 12.6. The molecular weight excluding hydrogens is 290 g/mol. The van der Waals surface area contributed by atoms with Crippen LogP contribution in [0.2, 0.25) is 0 Å². The number of carbonyl (C=O) groups is 2. The summed E-state index contributed by atoms with van der Waals surface area (Å²) in [6.45, 7) is 7.09. The van der Waals surface area contributed by atoms with Crippen LogP contribution in [0.15, 0.2) is 30.3 Å². The van der Waals surface area contributed by atoms with Crippen molar-refractivity contribution in [3.63, 3.8) is 0 Å². The molecule has 2 aliphatic rings. The zero-order chi connectivity index (χ0) is 16.6. The summed E-state index contributed by atoms with van der Waals surface area (Å²) in [6, 6.07) is 10.1. The predicted molar refractivity (Wildman–Crippen MR) is 87.4 cm³/mol. The number of likely N-dealkylation sites (tertiary alicyclic amines) is 1. The Bertz CT molecular complexity index is 590. The minimum Gasteiger partial charge on any atom is -0.460 e. The van der Waals surface area contributed by atoms with E-state index in [-0.39, 0.29) is 29.6 Å². The van der Waals surface area contributed by atoms with Gasteiger partial charge < -0.3 is 9.64 Å². The van der Waals surface area contributed by atoms with E-state index in [2.05, 4.69) is 0 Å². The van der Waals surface area contributed by atoms with E-state index in [1.807, 2.05) is 56.0 Å². The Morgan fingerprint density at radius 3 is 2.61 bits per heavy atom. The van der Waals surface area contributed by atoms with E-state index < -0.39 is 5.60 Å². The molecule has 3 rings (SSSR count). The molecule has 1 aromatic rings. The number of benzene rings is 1. The molecule has 1 aromatic carbocycles. The summed E-state index contributed by atoms with van der Waals surface area (Å²) in [6.07, 6.45) is 1.65. The molecular formula is C19H25NO3. The van der Waals surface area contributed by atoms with Gasteiger partial charge >= 0.3 is 5.97 Å². The van der Waals surface area contributed by atoms with E-state index in [9.17, 15) is 9.59 Å². The predicted octanol–water partition coefficient (Wildman–Crippen LogP) is 3.01. The number of hydrogen-bond acceptors (Lipinski definition) is 3. The van der Waals surface area contributed by atoms with Crippen molar-refractivity contribution in [1.29, 1.82) is 0 Å². The van der Waals surface area contributed by atoms with Gasteiger partial charge in [-0.15, -0.1) is 0 Å². The molecule has 4 nitrogen and oxygen atoms in total. The van der Waals surface area contributed by atoms with Crippen LogP contribution in [0.25, 0.3) is 0 Å². The molecule has 1 aliphatic heterocycles. The fourth-order valence-corrected chi connectivity index (χ4v) is 3.43. The first-order valence-corrected chi connectivity index (χ1v) is 8.41. The Labute approximate surface area is 137 Å². The van der Waals surface area contributed by atoms with Gasteiger partial charge in [-0.3, -0.25) is 9.59 Å². The quantitative estimate of drug-likeness (QED) is 0.802. The van der Waals surface area contributed by atoms with Crippen molar-refractivity contribution in [2.45, 2.75) is 45.8 Å². The van der Waals surface area contributed by atoms with Crippen LogP contribution in [-0.4, -0.2) is 28.9 Å². The minimum absolute atomic E-state index is 0.00349. The first-order chi connectivity index (χ1) is 10.8. The number of amides is 1. The topological polar surface area (TPSA) is 46.6 Å². The van der Waals surface area contributed by atoms with Crippen LogP contribution in [0.1, 0.15) is 39.2 Å². The first kappa shape index (κ1) is 16.0. The number of hydrogen-bond donors (Lipinski definition) is 0. The Balaban J connectivity index is 1.55. The fourth-order valence-electron chi connectivity index (χ4n) is 3.43. The summed E-state index contributed by atoms with van der Waals surface area (Å²) in [4.78, 5) is 26.7. The number of esters is 1. The van der Waals surface area contributed by atoms with Crippen LogP contribution in [0.4, 0.5) is 0 Å². The van der Waals surface area contributed by atoms with Crippen molar-refractivity contribution in [2.75, 3.05) is 6.54 Å². The summed E-state index contributed by atoms with van der Waals surface area (Å²) in [7, 11) is 0. The van der Waals surface area contributed by atoms with Crippen LogP contribution >= 0.6 is 0 Å². The molecule has 0 aromatic heterocycles. The molecule has 124 valence electrons. The lowest BCUT2D eigenvalue weighted by Gasteiger charge is -2.20. The van der Waals surface area contributed by atoms with E-state index in [1.165, 1.54) is 0 Å². The molecule has 1 saturated carbocycles. The molecule has 1 saturated heterocycles. The summed E-state index contributed by atoms with van der Waals surface area (Å²) in [5.74, 6) is 0.149. The zero-order valence-electron chi connectivity index (χ0n) is 14.1. The van der Waals surface area contributed by atoms with Crippen LogP contribution in [0, 0.1) is 17.8 Å². The molecule has 1 amide bonds. The van der Waals surface area contributed by atoms with Crippen molar-refractivity contribution >= 4 is 11.9 Å². The normalized spacial score (nSPS) is 27.2. The first-order valence-electron chi connectivity index (χ1n) is 8.41. The highest BCUT2D eigenvalue weighted by atomic mass is 16.6. The zero-order valence-corrected chi connectivity index (χ0v) is 14.1. The van der Waals surface area contributed by atoms with E-state index >= 15 is 0 Å². The number of carbonyl (C=O) groups excluding carboxylic acids is 2. The molecule has 23 heavy (non-hydrogen) atoms. The smallest absolute Gasteiger partial charge is 0.309 e. The van der Waals surface area contributed by atoms with Crippen molar-refractivity contribution < 1.29 is 14.3 Å². The Hall–Kier alpha value is -1.84. The third kappa shape index (κ3) is 3.74. The van der Waals surface area contributed by atoms with E-state index in [1.54, 1.807) is 0 Å². The van der Waals surface area contributed by atoms with Gasteiger partial charge in [0.05, 0.1) is 5.92 Å². The van der Waals surface area contributed by atoms with Gasteiger partial charge in [-0.25, -0.2) is 0 Å². The molecule has 1 heterocycles. The summed E-state index contributed by atoms with van der Waals surface area (Å²) in [5, 5.41) is 0. The highest BCUT2D eigenvalue weighted by Crippen LogP contribution is 2.49. The van der Waals surface area contributed by atoms with Gasteiger partial charge in [-0.05, 0) is 45.1 Å². The summed E-state index contributed by atoms with van der Waals surface area (Å²) >= 11 is 0. The van der Waals surface area contributed by atoms with Gasteiger partial charge in [-0.2, -0.15) is 0 Å². The molecule has 1 aliphatic carbocycles. The number of rotatable bonds is 4. The highest BCUT2D eigenvalue weighted by Gasteiger charge is 2.53. The van der Waals surface area contributed by atoms with Gasteiger partial charge in [0, 0.05) is 19.0 Å². The molecule has 0 radical (unpaired) electrons. The second-order valence-electron chi connectivity index (χ2n) is 7.68. The molecule has 3 atom stereocenters. The molecule has 4 heteroatoms. The number of nitrogens with zero attached hydrogens (tertiary/aromatic N) is 1. The van der Waals surface area contributed by atoms with E-state index in [4.69, 9.17) is 4.74 Å². The Morgan fingerprint density at radius 1 is 1.26 bits per heavy atom. The average molecular weight is 315 g/mol. The largest absolute Gasteiger partial charge is 0.460 e. The Kier molecular flexibility index (Phi) is 4.17. The highest BCUT2D eigenvalue weighted by molar-refractivity contribution is 5.84. The van der Waals surface area contributed by atoms with Gasteiger partial charge in [0.1, 0.15) is 5.60 Å². The van der Waals surface area contributed by atoms with Gasteiger partial charge in [0.2, 0.25) is 5.91 Å². The van der Waals surface area contributed by atoms with Crippen LogP contribution in [-0.2, 0) is 20.9 Å². The minimum atomic E-state index is -0.455. The van der Waals surface area contributed by atoms with Crippen molar-refractivity contribution in [1.82, 2.24) is 4.90 Å². The van der Waals surface area contributed by atoms with Crippen LogP contribution in [0.3, 0.4) is 0 Å². The molecule has 2 fully saturated rings. The van der Waals surface area contributed by atoms with Gasteiger partial charge in [0.15, 0.2) is 0 Å². The SMILES string of the molecule is CC(C)(C)OC(=O)[C@H]1C[C@H]1C1CCN(Cc2ccccc2)C1=O. The van der Waals surface area contributed by atoms with Crippen molar-refractivity contribution in [3.05, 3.63) is 35.9 Å². The van der Waals surface area contributed by atoms with Crippen LogP contribution < -0.4 is 0 Å². The second-order valence-corrected chi connectivity index (χ2v) is 7.68. The van der Waals surface area contributed by atoms with Crippen molar-refractivity contribution in [3.8, 4) is 0 Å². The average Bonchev–Trinajstić information content (AvgIpc) is 3.19. The lowest BCUT2D eigenvalue weighted by molar-refractivity contribution is -0.157. The standard InChI is InChI=1S/C19H25NO3/c1-19(2,3)23-18(22)16-11-15(16)14-9-10-20(17(14)21)12-13-7-5-4-6-8-13/h4-8,14-16H,9-12H2,1-3H3/t14?,15-,16-/m0/s1. The Morgan fingerprint density at radius 2 is 1.96 bits per heavy atom. The summed E-state index contributed by atoms with van der Waals surface area (Å²) < 4.78 is 5.45. The molecule has 0 N–H and O–H groups in total. The number of ether oxygens (including phenoxy) is 1. The van der Waals surface area contributed by atoms with Gasteiger partial charge in [-0.1, -0.05) is 30.3 Å². The third-order valence-electron chi connectivity index (χ3n) is 4.62. The maximum Gasteiger partial charge on any atom is 0.309 e. The molecule has 0 bridgehead atoms. The van der Waals surface area contributed by atoms with Crippen molar-refractivity contribution in [2.24, 2.45) is 17.8 Å².